The highest BCUT2D eigenvalue weighted by Crippen LogP contribution is 2.38. The fourth-order valence-electron chi connectivity index (χ4n) is 3.68. The number of aliphatic carboxylic acids is 1. The van der Waals surface area contributed by atoms with Gasteiger partial charge in [-0.15, -0.1) is 0 Å². The van der Waals surface area contributed by atoms with Crippen LogP contribution in [-0.4, -0.2) is 35.0 Å². The summed E-state index contributed by atoms with van der Waals surface area (Å²) in [4.78, 5) is 10.8. The van der Waals surface area contributed by atoms with Crippen molar-refractivity contribution in [3.05, 3.63) is 83.4 Å². The molecule has 0 radical (unpaired) electrons. The molecule has 6 heteroatoms. The molecule has 3 aromatic rings. The molecule has 0 aromatic heterocycles. The molecule has 0 aliphatic rings. The van der Waals surface area contributed by atoms with E-state index in [9.17, 15) is 15.0 Å². The normalized spacial score (nSPS) is 10.5. The number of aromatic hydroxyl groups is 2. The highest BCUT2D eigenvalue weighted by atomic mass is 16.5. The monoisotopic (exact) mass is 448 g/mol. The Hall–Kier alpha value is -3.93. The molecular weight excluding hydrogens is 420 g/mol. The average Bonchev–Trinajstić information content (AvgIpc) is 2.81. The van der Waals surface area contributed by atoms with Gasteiger partial charge in [0.15, 0.2) is 11.5 Å². The summed E-state index contributed by atoms with van der Waals surface area (Å²) in [7, 11) is 1.56. The van der Waals surface area contributed by atoms with Crippen molar-refractivity contribution in [1.29, 1.82) is 0 Å². The summed E-state index contributed by atoms with van der Waals surface area (Å²) in [5, 5.41) is 28.4. The SMILES string of the molecule is CCC(=C(c1ccc(O)cc1)c1ccc(O)cc1)c1ccc(OC)c(OCCCC(=O)O)c1. The number of hydrogen-bond donors (Lipinski definition) is 3. The molecule has 0 unspecified atom stereocenters. The number of rotatable bonds is 10. The Morgan fingerprint density at radius 3 is 1.85 bits per heavy atom. The van der Waals surface area contributed by atoms with Crippen LogP contribution in [0.2, 0.25) is 0 Å². The lowest BCUT2D eigenvalue weighted by molar-refractivity contribution is -0.137. The van der Waals surface area contributed by atoms with Gasteiger partial charge in [0.05, 0.1) is 13.7 Å². The van der Waals surface area contributed by atoms with Crippen molar-refractivity contribution < 1.29 is 29.6 Å². The van der Waals surface area contributed by atoms with Crippen LogP contribution in [0.1, 0.15) is 42.9 Å². The molecule has 0 bridgehead atoms. The third-order valence-electron chi connectivity index (χ3n) is 5.27. The number of carboxylic acids is 1. The molecule has 3 N–H and O–H groups in total. The van der Waals surface area contributed by atoms with Gasteiger partial charge in [0, 0.05) is 6.42 Å². The largest absolute Gasteiger partial charge is 0.508 e. The van der Waals surface area contributed by atoms with Gasteiger partial charge >= 0.3 is 5.97 Å². The number of phenolic OH excluding ortho intramolecular Hbond substituents is 2. The Morgan fingerprint density at radius 2 is 1.36 bits per heavy atom. The zero-order chi connectivity index (χ0) is 23.8. The van der Waals surface area contributed by atoms with E-state index in [0.717, 1.165) is 27.8 Å². The predicted octanol–water partition coefficient (Wildman–Crippen LogP) is 5.72. The Morgan fingerprint density at radius 1 is 0.818 bits per heavy atom. The molecule has 33 heavy (non-hydrogen) atoms. The van der Waals surface area contributed by atoms with Crippen LogP contribution in [0, 0.1) is 0 Å². The zero-order valence-corrected chi connectivity index (χ0v) is 18.7. The molecule has 172 valence electrons. The highest BCUT2D eigenvalue weighted by Gasteiger charge is 2.16. The summed E-state index contributed by atoms with van der Waals surface area (Å²) >= 11 is 0. The third kappa shape index (κ3) is 6.07. The van der Waals surface area contributed by atoms with Crippen LogP contribution in [0.3, 0.4) is 0 Å². The van der Waals surface area contributed by atoms with Crippen molar-refractivity contribution in [2.24, 2.45) is 0 Å². The summed E-state index contributed by atoms with van der Waals surface area (Å²) in [6.45, 7) is 2.33. The smallest absolute Gasteiger partial charge is 0.303 e. The van der Waals surface area contributed by atoms with Gasteiger partial charge in [-0.2, -0.15) is 0 Å². The summed E-state index contributed by atoms with van der Waals surface area (Å²) in [5.41, 5.74) is 4.80. The van der Waals surface area contributed by atoms with E-state index in [1.54, 1.807) is 31.4 Å². The molecular formula is C27H28O6. The zero-order valence-electron chi connectivity index (χ0n) is 18.7. The second kappa shape index (κ2) is 11.1. The van der Waals surface area contributed by atoms with E-state index in [1.165, 1.54) is 0 Å². The van der Waals surface area contributed by atoms with Crippen LogP contribution in [-0.2, 0) is 4.79 Å². The Bertz CT molecular complexity index is 1070. The van der Waals surface area contributed by atoms with Crippen molar-refractivity contribution in [3.63, 3.8) is 0 Å². The molecule has 0 saturated carbocycles. The standard InChI is InChI=1S/C27H28O6/c1-3-23(20-10-15-24(32-2)25(17-20)33-16-4-5-26(30)31)27(18-6-11-21(28)12-7-18)19-8-13-22(29)14-9-19/h6-15,17,28-29H,3-5,16H2,1-2H3,(H,30,31). The molecule has 0 aliphatic carbocycles. The van der Waals surface area contributed by atoms with Crippen LogP contribution >= 0.6 is 0 Å². The summed E-state index contributed by atoms with van der Waals surface area (Å²) in [6.07, 6.45) is 1.14. The van der Waals surface area contributed by atoms with Gasteiger partial charge in [-0.1, -0.05) is 37.3 Å². The maximum absolute atomic E-state index is 10.8. The first-order valence-corrected chi connectivity index (χ1v) is 10.8. The minimum absolute atomic E-state index is 0.0357. The first-order valence-electron chi connectivity index (χ1n) is 10.8. The molecule has 0 spiro atoms. The van der Waals surface area contributed by atoms with E-state index >= 15 is 0 Å². The van der Waals surface area contributed by atoms with E-state index in [4.69, 9.17) is 14.6 Å². The Labute approximate surface area is 193 Å². The fraction of sp³-hybridized carbons (Fsp3) is 0.222. The maximum atomic E-state index is 10.8. The fourth-order valence-corrected chi connectivity index (χ4v) is 3.68. The minimum Gasteiger partial charge on any atom is -0.508 e. The number of carboxylic acid groups (broad SMARTS) is 1. The van der Waals surface area contributed by atoms with Gasteiger partial charge in [-0.05, 0) is 77.1 Å². The lowest BCUT2D eigenvalue weighted by Crippen LogP contribution is -2.03. The Balaban J connectivity index is 2.10. The molecule has 0 saturated heterocycles. The van der Waals surface area contributed by atoms with Gasteiger partial charge in [-0.25, -0.2) is 0 Å². The lowest BCUT2D eigenvalue weighted by Gasteiger charge is -2.18. The number of benzene rings is 3. The molecule has 6 nitrogen and oxygen atoms in total. The quantitative estimate of drug-likeness (QED) is 0.271. The van der Waals surface area contributed by atoms with Gasteiger partial charge in [0.1, 0.15) is 11.5 Å². The molecule has 0 atom stereocenters. The number of allylic oxidation sites excluding steroid dienone is 1. The first-order chi connectivity index (χ1) is 15.9. The van der Waals surface area contributed by atoms with E-state index < -0.39 is 5.97 Å². The third-order valence-corrected chi connectivity index (χ3v) is 5.27. The average molecular weight is 449 g/mol. The van der Waals surface area contributed by atoms with Crippen molar-refractivity contribution in [2.45, 2.75) is 26.2 Å². The van der Waals surface area contributed by atoms with Gasteiger partial charge in [0.2, 0.25) is 0 Å². The van der Waals surface area contributed by atoms with Crippen LogP contribution in [0.4, 0.5) is 0 Å². The number of hydrogen-bond acceptors (Lipinski definition) is 5. The molecule has 0 fully saturated rings. The van der Waals surface area contributed by atoms with E-state index in [-0.39, 0.29) is 24.5 Å². The summed E-state index contributed by atoms with van der Waals surface area (Å²) < 4.78 is 11.3. The highest BCUT2D eigenvalue weighted by molar-refractivity contribution is 5.99. The van der Waals surface area contributed by atoms with Crippen LogP contribution < -0.4 is 9.47 Å². The second-order valence-electron chi connectivity index (χ2n) is 7.51. The van der Waals surface area contributed by atoms with E-state index in [0.29, 0.717) is 24.3 Å². The molecule has 0 aliphatic heterocycles. The maximum Gasteiger partial charge on any atom is 0.303 e. The molecule has 3 rings (SSSR count). The number of ether oxygens (including phenoxy) is 2. The topological polar surface area (TPSA) is 96.2 Å². The lowest BCUT2D eigenvalue weighted by atomic mass is 9.88. The minimum atomic E-state index is -0.858. The van der Waals surface area contributed by atoms with Gasteiger partial charge < -0.3 is 24.8 Å². The van der Waals surface area contributed by atoms with E-state index in [1.807, 2.05) is 42.5 Å². The van der Waals surface area contributed by atoms with Gasteiger partial charge in [-0.3, -0.25) is 4.79 Å². The summed E-state index contributed by atoms with van der Waals surface area (Å²) in [6, 6.07) is 19.7. The molecule has 3 aromatic carbocycles. The number of phenols is 2. The van der Waals surface area contributed by atoms with Gasteiger partial charge in [0.25, 0.3) is 0 Å². The van der Waals surface area contributed by atoms with Crippen LogP contribution in [0.15, 0.2) is 66.7 Å². The number of carbonyl (C=O) groups is 1. The van der Waals surface area contributed by atoms with Crippen molar-refractivity contribution in [3.8, 4) is 23.0 Å². The molecule has 0 heterocycles. The predicted molar refractivity (Wildman–Crippen MR) is 128 cm³/mol. The van der Waals surface area contributed by atoms with Crippen molar-refractivity contribution in [1.82, 2.24) is 0 Å². The van der Waals surface area contributed by atoms with Crippen LogP contribution in [0.5, 0.6) is 23.0 Å². The Kier molecular flexibility index (Phi) is 7.97. The van der Waals surface area contributed by atoms with Crippen molar-refractivity contribution in [2.75, 3.05) is 13.7 Å². The van der Waals surface area contributed by atoms with E-state index in [2.05, 4.69) is 6.92 Å². The number of methoxy groups -OCH3 is 1. The van der Waals surface area contributed by atoms with Crippen LogP contribution in [0.25, 0.3) is 11.1 Å². The second-order valence-corrected chi connectivity index (χ2v) is 7.51. The first kappa shape index (κ1) is 23.7. The molecule has 0 amide bonds. The summed E-state index contributed by atoms with van der Waals surface area (Å²) in [5.74, 6) is 0.622. The van der Waals surface area contributed by atoms with Crippen molar-refractivity contribution >= 4 is 17.1 Å².